The summed E-state index contributed by atoms with van der Waals surface area (Å²) in [5, 5.41) is 16.3. The van der Waals surface area contributed by atoms with Gasteiger partial charge >= 0.3 is 6.03 Å². The van der Waals surface area contributed by atoms with Crippen molar-refractivity contribution in [1.82, 2.24) is 10.6 Å². The fourth-order valence-electron chi connectivity index (χ4n) is 4.79. The first-order valence-electron chi connectivity index (χ1n) is 13.6. The maximum Gasteiger partial charge on any atom is 0.314 e. The van der Waals surface area contributed by atoms with Crippen molar-refractivity contribution in [2.45, 2.75) is 77.4 Å². The zero-order chi connectivity index (χ0) is 26.3. The molecule has 36 heavy (non-hydrogen) atoms. The van der Waals surface area contributed by atoms with Crippen LogP contribution in [-0.2, 0) is 11.2 Å². The molecule has 0 aliphatic heterocycles. The number of hydrogen-bond acceptors (Lipinski definition) is 6. The average Bonchev–Trinajstić information content (AvgIpc) is 2.88. The van der Waals surface area contributed by atoms with Crippen molar-refractivity contribution in [3.63, 3.8) is 0 Å². The minimum absolute atomic E-state index is 0.143. The standard InChI is InChI=1S/C28H49N3O5/c1-20(2)23(15-22-11-12-26(35-4)27(16-22)36-14-8-13-34-3)17-24(29)25(32)19-31-28(33)30-18-21-9-6-5-7-10-21/h11-12,16,20-21,23-25,32H,5-10,13-15,17-19,29H2,1-4H3,(H2,30,31,33)/t23-,24-,25-/m0/s1. The normalized spacial score (nSPS) is 16.9. The maximum atomic E-state index is 12.2. The molecule has 0 heterocycles. The summed E-state index contributed by atoms with van der Waals surface area (Å²) in [7, 11) is 3.32. The molecule has 3 atom stereocenters. The highest BCUT2D eigenvalue weighted by Gasteiger charge is 2.24. The van der Waals surface area contributed by atoms with Crippen LogP contribution in [0.3, 0.4) is 0 Å². The number of benzene rings is 1. The Morgan fingerprint density at radius 3 is 2.53 bits per heavy atom. The van der Waals surface area contributed by atoms with Crippen LogP contribution in [0.15, 0.2) is 18.2 Å². The van der Waals surface area contributed by atoms with Crippen LogP contribution < -0.4 is 25.8 Å². The zero-order valence-electron chi connectivity index (χ0n) is 22.8. The predicted octanol–water partition coefficient (Wildman–Crippen LogP) is 3.88. The van der Waals surface area contributed by atoms with Gasteiger partial charge in [0.25, 0.3) is 0 Å². The Kier molecular flexibility index (Phi) is 14.0. The molecule has 0 unspecified atom stereocenters. The first-order valence-corrected chi connectivity index (χ1v) is 13.6. The van der Waals surface area contributed by atoms with Crippen molar-refractivity contribution in [1.29, 1.82) is 0 Å². The van der Waals surface area contributed by atoms with Gasteiger partial charge in [0, 0.05) is 39.3 Å². The highest BCUT2D eigenvalue weighted by atomic mass is 16.5. The van der Waals surface area contributed by atoms with E-state index in [1.165, 1.54) is 32.1 Å². The molecule has 8 nitrogen and oxygen atoms in total. The quantitative estimate of drug-likeness (QED) is 0.252. The van der Waals surface area contributed by atoms with Gasteiger partial charge in [-0.15, -0.1) is 0 Å². The van der Waals surface area contributed by atoms with Gasteiger partial charge in [0.1, 0.15) is 0 Å². The molecule has 1 aromatic rings. The number of carbonyl (C=O) groups is 1. The van der Waals surface area contributed by atoms with Crippen LogP contribution in [0.4, 0.5) is 4.79 Å². The van der Waals surface area contributed by atoms with Crippen LogP contribution in [0.25, 0.3) is 0 Å². The number of aliphatic hydroxyl groups is 1. The molecule has 1 aromatic carbocycles. The Bertz CT molecular complexity index is 755. The van der Waals surface area contributed by atoms with Gasteiger partial charge in [0.2, 0.25) is 0 Å². The van der Waals surface area contributed by atoms with Gasteiger partial charge in [-0.05, 0) is 61.1 Å². The van der Waals surface area contributed by atoms with E-state index in [1.807, 2.05) is 12.1 Å². The van der Waals surface area contributed by atoms with E-state index in [9.17, 15) is 9.90 Å². The molecule has 8 heteroatoms. The van der Waals surface area contributed by atoms with Gasteiger partial charge < -0.3 is 35.7 Å². The molecular weight excluding hydrogens is 458 g/mol. The number of nitrogens with one attached hydrogen (secondary N) is 2. The van der Waals surface area contributed by atoms with Crippen LogP contribution in [0.1, 0.15) is 64.4 Å². The lowest BCUT2D eigenvalue weighted by Gasteiger charge is -2.28. The van der Waals surface area contributed by atoms with Crippen molar-refractivity contribution in [2.75, 3.05) is 40.5 Å². The number of hydrogen-bond donors (Lipinski definition) is 4. The minimum atomic E-state index is -0.803. The second kappa shape index (κ2) is 16.7. The fraction of sp³-hybridized carbons (Fsp3) is 0.750. The Morgan fingerprint density at radius 1 is 1.11 bits per heavy atom. The maximum absolute atomic E-state index is 12.2. The van der Waals surface area contributed by atoms with Gasteiger partial charge in [-0.3, -0.25) is 0 Å². The van der Waals surface area contributed by atoms with Gasteiger partial charge in [0.15, 0.2) is 11.5 Å². The molecule has 0 saturated heterocycles. The summed E-state index contributed by atoms with van der Waals surface area (Å²) in [5.74, 6) is 2.64. The molecule has 1 saturated carbocycles. The molecule has 0 bridgehead atoms. The molecule has 206 valence electrons. The van der Waals surface area contributed by atoms with E-state index < -0.39 is 12.1 Å². The Balaban J connectivity index is 1.84. The molecule has 2 amide bonds. The summed E-state index contributed by atoms with van der Waals surface area (Å²) in [6.07, 6.45) is 7.62. The molecule has 0 radical (unpaired) electrons. The highest BCUT2D eigenvalue weighted by Crippen LogP contribution is 2.31. The Hall–Kier alpha value is -2.03. The number of nitrogens with two attached hydrogens (primary N) is 1. The lowest BCUT2D eigenvalue weighted by Crippen LogP contribution is -2.47. The van der Waals surface area contributed by atoms with Crippen LogP contribution in [0.2, 0.25) is 0 Å². The van der Waals surface area contributed by atoms with E-state index in [-0.39, 0.29) is 18.5 Å². The smallest absolute Gasteiger partial charge is 0.314 e. The van der Waals surface area contributed by atoms with Crippen molar-refractivity contribution < 1.29 is 24.1 Å². The topological polar surface area (TPSA) is 115 Å². The lowest BCUT2D eigenvalue weighted by molar-refractivity contribution is 0.125. The van der Waals surface area contributed by atoms with E-state index >= 15 is 0 Å². The molecule has 1 aliphatic carbocycles. The second-order valence-electron chi connectivity index (χ2n) is 10.5. The van der Waals surface area contributed by atoms with Crippen LogP contribution in [-0.4, -0.2) is 63.8 Å². The first kappa shape index (κ1) is 30.2. The summed E-state index contributed by atoms with van der Waals surface area (Å²) >= 11 is 0. The van der Waals surface area contributed by atoms with E-state index in [0.717, 1.165) is 24.2 Å². The van der Waals surface area contributed by atoms with Crippen LogP contribution in [0.5, 0.6) is 11.5 Å². The Labute approximate surface area is 217 Å². The number of methoxy groups -OCH3 is 2. The summed E-state index contributed by atoms with van der Waals surface area (Å²) in [5.41, 5.74) is 7.52. The van der Waals surface area contributed by atoms with Gasteiger partial charge in [-0.25, -0.2) is 4.79 Å². The largest absolute Gasteiger partial charge is 0.493 e. The lowest BCUT2D eigenvalue weighted by atomic mass is 9.83. The zero-order valence-corrected chi connectivity index (χ0v) is 22.8. The number of rotatable bonds is 16. The number of urea groups is 1. The minimum Gasteiger partial charge on any atom is -0.493 e. The number of amides is 2. The highest BCUT2D eigenvalue weighted by molar-refractivity contribution is 5.73. The third-order valence-electron chi connectivity index (χ3n) is 7.24. The molecule has 5 N–H and O–H groups in total. The van der Waals surface area contributed by atoms with E-state index in [2.05, 4.69) is 30.5 Å². The van der Waals surface area contributed by atoms with Crippen LogP contribution >= 0.6 is 0 Å². The molecule has 0 spiro atoms. The van der Waals surface area contributed by atoms with Crippen molar-refractivity contribution in [3.8, 4) is 11.5 Å². The van der Waals surface area contributed by atoms with Gasteiger partial charge in [-0.1, -0.05) is 39.2 Å². The summed E-state index contributed by atoms with van der Waals surface area (Å²) < 4.78 is 16.5. The van der Waals surface area contributed by atoms with Gasteiger partial charge in [0.05, 0.1) is 19.8 Å². The fourth-order valence-corrected chi connectivity index (χ4v) is 4.79. The molecule has 1 fully saturated rings. The van der Waals surface area contributed by atoms with Crippen LogP contribution in [0, 0.1) is 17.8 Å². The monoisotopic (exact) mass is 507 g/mol. The summed E-state index contributed by atoms with van der Waals surface area (Å²) in [4.78, 5) is 12.2. The second-order valence-corrected chi connectivity index (χ2v) is 10.5. The number of aliphatic hydroxyl groups excluding tert-OH is 1. The van der Waals surface area contributed by atoms with Crippen molar-refractivity contribution in [2.24, 2.45) is 23.5 Å². The third-order valence-corrected chi connectivity index (χ3v) is 7.24. The van der Waals surface area contributed by atoms with Crippen molar-refractivity contribution >= 4 is 6.03 Å². The van der Waals surface area contributed by atoms with Gasteiger partial charge in [-0.2, -0.15) is 0 Å². The van der Waals surface area contributed by atoms with E-state index in [4.69, 9.17) is 19.9 Å². The first-order chi connectivity index (χ1) is 17.3. The average molecular weight is 508 g/mol. The SMILES string of the molecule is COCCCOc1cc(C[C@@H](C[C@H](N)[C@@H](O)CNC(=O)NCC2CCCCC2)C(C)C)ccc1OC. The molecule has 2 rings (SSSR count). The summed E-state index contributed by atoms with van der Waals surface area (Å²) in [6.45, 7) is 6.39. The Morgan fingerprint density at radius 2 is 1.86 bits per heavy atom. The molecule has 0 aromatic heterocycles. The number of carbonyl (C=O) groups excluding carboxylic acids is 1. The number of ether oxygens (including phenoxy) is 3. The molecular formula is C28H49N3O5. The third kappa shape index (κ3) is 10.9. The molecule has 1 aliphatic rings. The van der Waals surface area contributed by atoms with E-state index in [1.54, 1.807) is 14.2 Å². The van der Waals surface area contributed by atoms with Crippen molar-refractivity contribution in [3.05, 3.63) is 23.8 Å². The predicted molar refractivity (Wildman–Crippen MR) is 144 cm³/mol. The van der Waals surface area contributed by atoms with E-state index in [0.29, 0.717) is 43.8 Å². The summed E-state index contributed by atoms with van der Waals surface area (Å²) in [6, 6.07) is 5.35.